The number of hydrogen-bond donors (Lipinski definition) is 5. The topological polar surface area (TPSA) is 208 Å². The van der Waals surface area contributed by atoms with Gasteiger partial charge in [0, 0.05) is 94.7 Å². The van der Waals surface area contributed by atoms with Crippen LogP contribution in [0.3, 0.4) is 0 Å². The zero-order chi connectivity index (χ0) is 52.6. The molecule has 18 nitrogen and oxygen atoms in total. The average molecular weight is 1040 g/mol. The largest absolute Gasteiger partial charge is 0.507 e. The number of β-amino-alcohol motifs (C(OH)–C–C–N with tert-alkyl or cyclic N) is 1. The molecule has 1 saturated carbocycles. The minimum Gasteiger partial charge on any atom is -0.507 e. The van der Waals surface area contributed by atoms with Crippen LogP contribution in [0.25, 0.3) is 21.7 Å². The molecule has 1 aliphatic carbocycles. The van der Waals surface area contributed by atoms with E-state index in [0.29, 0.717) is 42.1 Å². The van der Waals surface area contributed by atoms with E-state index in [0.717, 1.165) is 105 Å². The highest BCUT2D eigenvalue weighted by atomic mass is 32.1. The standard InChI is InChI=1S/C56H73N13O5S/c1-35-30-66(23-24-68(35)45-26-44(63-64-50(45)57-6)43-9-7-8-10-47(43)71)53-59-28-40(29-60-53)38-17-21-65(22-18-38)41-15-19-56(20-16-41)32-67(33-56)54(74)62-49(55(3,4)5)52(73)69-31-42(70)25-46(69)51(72)58-27-37-11-13-39(14-12-37)48-36(2)61-34-75-48/h7-14,26,28-29,34-35,38,41-42,46,49,70-71H,15-25,27,30-33H2,1-6H3,(H,57,64)(H,58,72)(H,62,74)/t35-,42+,46-,49+/m0/s1. The number of aliphatic hydroxyl groups excluding tert-OH is 1. The second-order valence-corrected chi connectivity index (χ2v) is 23.6. The fourth-order valence-electron chi connectivity index (χ4n) is 12.2. The predicted octanol–water partition coefficient (Wildman–Crippen LogP) is 6.65. The van der Waals surface area contributed by atoms with E-state index in [2.05, 4.69) is 52.8 Å². The average Bonchev–Trinajstić information content (AvgIpc) is 4.04. The van der Waals surface area contributed by atoms with Crippen LogP contribution in [0.2, 0.25) is 0 Å². The Morgan fingerprint density at radius 1 is 0.907 bits per heavy atom. The number of nitrogens with one attached hydrogen (secondary N) is 3. The maximum absolute atomic E-state index is 14.3. The van der Waals surface area contributed by atoms with Gasteiger partial charge in [0.15, 0.2) is 5.82 Å². The number of benzene rings is 2. The summed E-state index contributed by atoms with van der Waals surface area (Å²) in [7, 11) is 1.85. The number of carbonyl (C=O) groups excluding carboxylic acids is 3. The molecular weight excluding hydrogens is 967 g/mol. The molecule has 19 heteroatoms. The van der Waals surface area contributed by atoms with E-state index in [1.54, 1.807) is 23.5 Å². The van der Waals surface area contributed by atoms with E-state index in [4.69, 9.17) is 9.97 Å². The maximum atomic E-state index is 14.3. The van der Waals surface area contributed by atoms with Crippen LogP contribution >= 0.6 is 11.3 Å². The number of phenolic OH excluding ortho intramolecular Hbond substituents is 1. The number of aromatic hydroxyl groups is 1. The number of piperazine rings is 1. The Bertz CT molecular complexity index is 2820. The Labute approximate surface area is 444 Å². The molecule has 5 fully saturated rings. The van der Waals surface area contributed by atoms with Gasteiger partial charge in [-0.05, 0) is 112 Å². The lowest BCUT2D eigenvalue weighted by Gasteiger charge is -2.55. The number of aliphatic hydroxyl groups is 1. The third-order valence-electron chi connectivity index (χ3n) is 16.6. The van der Waals surface area contributed by atoms with Gasteiger partial charge in [0.2, 0.25) is 17.8 Å². The van der Waals surface area contributed by atoms with Crippen LogP contribution in [0.4, 0.5) is 22.2 Å². The molecule has 1 spiro atoms. The zero-order valence-electron chi connectivity index (χ0n) is 44.2. The van der Waals surface area contributed by atoms with E-state index in [1.807, 2.05) is 100 Å². The van der Waals surface area contributed by atoms with Gasteiger partial charge in [0.1, 0.15) is 17.8 Å². The summed E-state index contributed by atoms with van der Waals surface area (Å²) in [5, 5.41) is 39.3. The number of aromatic nitrogens is 5. The molecule has 5 N–H and O–H groups in total. The molecule has 5 aromatic rings. The van der Waals surface area contributed by atoms with E-state index in [-0.39, 0.29) is 54.6 Å². The first-order valence-electron chi connectivity index (χ1n) is 26.8. The number of amides is 4. The summed E-state index contributed by atoms with van der Waals surface area (Å²) in [6.07, 6.45) is 9.87. The summed E-state index contributed by atoms with van der Waals surface area (Å²) < 4.78 is 0. The maximum Gasteiger partial charge on any atom is 0.318 e. The highest BCUT2D eigenvalue weighted by molar-refractivity contribution is 7.13. The number of likely N-dealkylation sites (tertiary alicyclic amines) is 3. The molecule has 4 saturated heterocycles. The number of anilines is 3. The van der Waals surface area contributed by atoms with Crippen molar-refractivity contribution in [3.63, 3.8) is 0 Å². The number of hydrogen-bond acceptors (Lipinski definition) is 15. The van der Waals surface area contributed by atoms with Crippen molar-refractivity contribution in [2.24, 2.45) is 10.8 Å². The van der Waals surface area contributed by atoms with Gasteiger partial charge in [0.25, 0.3) is 0 Å². The Balaban J connectivity index is 0.664. The van der Waals surface area contributed by atoms with Crippen LogP contribution in [0, 0.1) is 17.8 Å². The zero-order valence-corrected chi connectivity index (χ0v) is 45.0. The number of piperidine rings is 1. The monoisotopic (exact) mass is 1040 g/mol. The number of para-hydroxylation sites is 1. The van der Waals surface area contributed by atoms with Gasteiger partial charge in [-0.15, -0.1) is 21.5 Å². The van der Waals surface area contributed by atoms with Crippen molar-refractivity contribution in [1.82, 2.24) is 50.5 Å². The van der Waals surface area contributed by atoms with Crippen molar-refractivity contribution in [2.45, 2.75) is 122 Å². The van der Waals surface area contributed by atoms with E-state index >= 15 is 0 Å². The van der Waals surface area contributed by atoms with Gasteiger partial charge in [-0.25, -0.2) is 19.7 Å². The Hall–Kier alpha value is -6.44. The molecule has 5 aliphatic rings. The van der Waals surface area contributed by atoms with E-state index in [9.17, 15) is 24.6 Å². The molecule has 398 valence electrons. The molecule has 4 aliphatic heterocycles. The number of carbonyl (C=O) groups is 3. The fourth-order valence-corrected chi connectivity index (χ4v) is 13.0. The number of phenols is 1. The highest BCUT2D eigenvalue weighted by Gasteiger charge is 2.50. The minimum absolute atomic E-state index is 0.0334. The third-order valence-corrected chi connectivity index (χ3v) is 17.6. The lowest BCUT2D eigenvalue weighted by atomic mass is 9.67. The molecule has 4 amide bonds. The fraction of sp³-hybridized carbons (Fsp3) is 0.536. The summed E-state index contributed by atoms with van der Waals surface area (Å²) in [4.78, 5) is 67.6. The second kappa shape index (κ2) is 21.7. The van der Waals surface area contributed by atoms with Crippen LogP contribution in [-0.4, -0.2) is 158 Å². The molecule has 0 bridgehead atoms. The minimum atomic E-state index is -0.879. The molecule has 2 aromatic carbocycles. The van der Waals surface area contributed by atoms with Gasteiger partial charge in [-0.2, -0.15) is 0 Å². The Morgan fingerprint density at radius 2 is 1.63 bits per heavy atom. The van der Waals surface area contributed by atoms with Crippen molar-refractivity contribution in [3.8, 4) is 27.4 Å². The van der Waals surface area contributed by atoms with Crippen molar-refractivity contribution in [2.75, 3.05) is 74.5 Å². The lowest BCUT2D eigenvalue weighted by Crippen LogP contribution is -2.66. The predicted molar refractivity (Wildman–Crippen MR) is 292 cm³/mol. The van der Waals surface area contributed by atoms with Crippen molar-refractivity contribution in [3.05, 3.63) is 89.3 Å². The van der Waals surface area contributed by atoms with Crippen LogP contribution in [-0.2, 0) is 16.1 Å². The molecule has 0 radical (unpaired) electrons. The first kappa shape index (κ1) is 52.0. The summed E-state index contributed by atoms with van der Waals surface area (Å²) in [6, 6.07) is 15.9. The summed E-state index contributed by atoms with van der Waals surface area (Å²) in [6.45, 7) is 16.0. The molecule has 4 atom stereocenters. The summed E-state index contributed by atoms with van der Waals surface area (Å²) >= 11 is 1.59. The van der Waals surface area contributed by atoms with Crippen LogP contribution in [0.5, 0.6) is 5.75 Å². The molecule has 7 heterocycles. The SMILES string of the molecule is CNc1nnc(-c2ccccc2O)cc1N1CCN(c2ncc(C3CCN(C4CCC5(CC4)CN(C(=O)N[C@H](C(=O)N4C[C@H](O)C[C@H]4C(=O)NCc4ccc(-c6scnc6C)cc4)C(C)(C)C)C5)CC3)cn2)C[C@@H]1C. The first-order chi connectivity index (χ1) is 36.1. The van der Waals surface area contributed by atoms with Gasteiger partial charge in [0.05, 0.1) is 33.6 Å². The third kappa shape index (κ3) is 11.1. The first-order valence-corrected chi connectivity index (χ1v) is 27.7. The van der Waals surface area contributed by atoms with Gasteiger partial charge < -0.3 is 50.7 Å². The lowest BCUT2D eigenvalue weighted by molar-refractivity contribution is -0.142. The van der Waals surface area contributed by atoms with Crippen LogP contribution < -0.4 is 25.8 Å². The smallest absolute Gasteiger partial charge is 0.318 e. The van der Waals surface area contributed by atoms with Crippen LogP contribution in [0.15, 0.2) is 72.5 Å². The summed E-state index contributed by atoms with van der Waals surface area (Å²) in [5.41, 5.74) is 7.68. The molecule has 3 aromatic heterocycles. The van der Waals surface area contributed by atoms with Gasteiger partial charge in [-0.1, -0.05) is 57.2 Å². The van der Waals surface area contributed by atoms with Crippen LogP contribution in [0.1, 0.15) is 95.4 Å². The molecule has 0 unspecified atom stereocenters. The second-order valence-electron chi connectivity index (χ2n) is 22.8. The van der Waals surface area contributed by atoms with Gasteiger partial charge in [-0.3, -0.25) is 9.59 Å². The molecular formula is C56H73N13O5S. The highest BCUT2D eigenvalue weighted by Crippen LogP contribution is 2.46. The quantitative estimate of drug-likeness (QED) is 0.0887. The normalized spacial score (nSPS) is 22.0. The molecule has 75 heavy (non-hydrogen) atoms. The number of aryl methyl sites for hydroxylation is 1. The van der Waals surface area contributed by atoms with E-state index < -0.39 is 23.6 Å². The van der Waals surface area contributed by atoms with Crippen molar-refractivity contribution in [1.29, 1.82) is 0 Å². The molecule has 10 rings (SSSR count). The Kier molecular flexibility index (Phi) is 15.0. The van der Waals surface area contributed by atoms with Crippen molar-refractivity contribution >= 4 is 46.6 Å². The van der Waals surface area contributed by atoms with E-state index in [1.165, 1.54) is 10.5 Å². The summed E-state index contributed by atoms with van der Waals surface area (Å²) in [5.74, 6) is 1.36. The number of thiazole rings is 1. The van der Waals surface area contributed by atoms with Gasteiger partial charge >= 0.3 is 6.03 Å². The Morgan fingerprint density at radius 3 is 2.28 bits per heavy atom. The number of nitrogens with zero attached hydrogens (tertiary/aromatic N) is 10. The van der Waals surface area contributed by atoms with Crippen molar-refractivity contribution < 1.29 is 24.6 Å². The number of urea groups is 1. The number of rotatable bonds is 12.